The number of esters is 1. The fourth-order valence-corrected chi connectivity index (χ4v) is 3.77. The van der Waals surface area contributed by atoms with Crippen LogP contribution < -0.4 is 15.4 Å². The Hall–Kier alpha value is -3.08. The Morgan fingerprint density at radius 2 is 1.72 bits per heavy atom. The van der Waals surface area contributed by atoms with E-state index in [0.29, 0.717) is 12.1 Å². The van der Waals surface area contributed by atoms with Crippen LogP contribution in [0.2, 0.25) is 0 Å². The van der Waals surface area contributed by atoms with Crippen LogP contribution in [0.5, 0.6) is 0 Å². The third kappa shape index (κ3) is 8.96. The highest BCUT2D eigenvalue weighted by Crippen LogP contribution is 2.14. The molecular formula is C22H25N3O5S2. The van der Waals surface area contributed by atoms with Gasteiger partial charge in [0.2, 0.25) is 15.9 Å². The minimum absolute atomic E-state index is 0.0350. The van der Waals surface area contributed by atoms with Crippen LogP contribution in [0.1, 0.15) is 18.4 Å². The molecular weight excluding hydrogens is 450 g/mol. The molecule has 0 atom stereocenters. The van der Waals surface area contributed by atoms with Crippen molar-refractivity contribution in [3.8, 4) is 0 Å². The van der Waals surface area contributed by atoms with Crippen molar-refractivity contribution >= 4 is 44.9 Å². The lowest BCUT2D eigenvalue weighted by atomic mass is 10.2. The third-order valence-corrected chi connectivity index (χ3v) is 5.79. The fourth-order valence-electron chi connectivity index (χ4n) is 2.54. The van der Waals surface area contributed by atoms with Gasteiger partial charge in [-0.25, -0.2) is 13.1 Å². The van der Waals surface area contributed by atoms with Crippen LogP contribution in [-0.2, 0) is 30.8 Å². The maximum absolute atomic E-state index is 12.0. The van der Waals surface area contributed by atoms with Gasteiger partial charge in [0.25, 0.3) is 0 Å². The first-order valence-electron chi connectivity index (χ1n) is 9.81. The zero-order valence-electron chi connectivity index (χ0n) is 17.4. The number of rotatable bonds is 11. The standard InChI is InChI=1S/C22H25N3O5S2/c1-2-15-23-32(28,29)19-10-8-18(9-11-19)24-22(31)25-20(26)12-13-21(27)30-16-14-17-6-4-3-5-7-17/h2-11,23H,1,12-16H2,(H2,24,25,26,31). The number of carbonyl (C=O) groups excluding carboxylic acids is 2. The summed E-state index contributed by atoms with van der Waals surface area (Å²) in [5.41, 5.74) is 1.56. The molecule has 1 amide bonds. The molecule has 0 aromatic heterocycles. The Balaban J connectivity index is 1.70. The Morgan fingerprint density at radius 3 is 2.38 bits per heavy atom. The van der Waals surface area contributed by atoms with E-state index in [2.05, 4.69) is 21.9 Å². The van der Waals surface area contributed by atoms with Crippen molar-refractivity contribution in [2.24, 2.45) is 0 Å². The number of thiocarbonyl (C=S) groups is 1. The average molecular weight is 476 g/mol. The molecule has 0 fully saturated rings. The fraction of sp³-hybridized carbons (Fsp3) is 0.227. The second-order valence-corrected chi connectivity index (χ2v) is 8.80. The number of carbonyl (C=O) groups is 2. The molecule has 2 aromatic carbocycles. The molecule has 0 spiro atoms. The molecule has 0 aliphatic heterocycles. The van der Waals surface area contributed by atoms with Crippen molar-refractivity contribution in [1.82, 2.24) is 10.0 Å². The molecule has 0 heterocycles. The molecule has 170 valence electrons. The lowest BCUT2D eigenvalue weighted by Gasteiger charge is -2.10. The maximum Gasteiger partial charge on any atom is 0.306 e. The van der Waals surface area contributed by atoms with Gasteiger partial charge in [0.05, 0.1) is 17.9 Å². The van der Waals surface area contributed by atoms with Gasteiger partial charge in [-0.3, -0.25) is 9.59 Å². The lowest BCUT2D eigenvalue weighted by molar-refractivity contribution is -0.144. The van der Waals surface area contributed by atoms with Gasteiger partial charge in [-0.2, -0.15) is 0 Å². The number of hydrogen-bond acceptors (Lipinski definition) is 6. The van der Waals surface area contributed by atoms with Crippen LogP contribution >= 0.6 is 12.2 Å². The Morgan fingerprint density at radius 1 is 1.03 bits per heavy atom. The normalized spacial score (nSPS) is 10.8. The van der Waals surface area contributed by atoms with Gasteiger partial charge in [-0.1, -0.05) is 36.4 Å². The second kappa shape index (κ2) is 12.7. The summed E-state index contributed by atoms with van der Waals surface area (Å²) in [6.45, 7) is 3.84. The molecule has 10 heteroatoms. The van der Waals surface area contributed by atoms with Crippen LogP contribution in [0.3, 0.4) is 0 Å². The number of amides is 1. The first kappa shape index (κ1) is 25.2. The minimum atomic E-state index is -3.62. The molecule has 0 aliphatic carbocycles. The highest BCUT2D eigenvalue weighted by molar-refractivity contribution is 7.89. The van der Waals surface area contributed by atoms with E-state index in [1.54, 1.807) is 0 Å². The lowest BCUT2D eigenvalue weighted by Crippen LogP contribution is -2.34. The van der Waals surface area contributed by atoms with Crippen LogP contribution in [-0.4, -0.2) is 38.6 Å². The number of sulfonamides is 1. The first-order chi connectivity index (χ1) is 15.3. The second-order valence-electron chi connectivity index (χ2n) is 6.62. The van der Waals surface area contributed by atoms with Gasteiger partial charge in [0.15, 0.2) is 5.11 Å². The predicted octanol–water partition coefficient (Wildman–Crippen LogP) is 2.53. The molecule has 2 aromatic rings. The summed E-state index contributed by atoms with van der Waals surface area (Å²) in [6, 6.07) is 15.5. The summed E-state index contributed by atoms with van der Waals surface area (Å²) < 4.78 is 31.6. The number of benzene rings is 2. The highest BCUT2D eigenvalue weighted by Gasteiger charge is 2.13. The third-order valence-electron chi connectivity index (χ3n) is 4.15. The van der Waals surface area contributed by atoms with E-state index in [0.717, 1.165) is 5.56 Å². The van der Waals surface area contributed by atoms with E-state index in [1.165, 1.54) is 30.3 Å². The Kier molecular flexibility index (Phi) is 9.99. The van der Waals surface area contributed by atoms with Gasteiger partial charge in [-0.05, 0) is 42.0 Å². The van der Waals surface area contributed by atoms with Crippen LogP contribution in [0.25, 0.3) is 0 Å². The van der Waals surface area contributed by atoms with E-state index in [-0.39, 0.29) is 36.0 Å². The molecule has 8 nitrogen and oxygen atoms in total. The molecule has 0 unspecified atom stereocenters. The molecule has 0 saturated carbocycles. The topological polar surface area (TPSA) is 114 Å². The van der Waals surface area contributed by atoms with Gasteiger partial charge in [-0.15, -0.1) is 6.58 Å². The average Bonchev–Trinajstić information content (AvgIpc) is 2.77. The van der Waals surface area contributed by atoms with Crippen molar-refractivity contribution in [1.29, 1.82) is 0 Å². The smallest absolute Gasteiger partial charge is 0.306 e. The van der Waals surface area contributed by atoms with Crippen molar-refractivity contribution < 1.29 is 22.7 Å². The van der Waals surface area contributed by atoms with E-state index in [4.69, 9.17) is 17.0 Å². The van der Waals surface area contributed by atoms with E-state index in [1.807, 2.05) is 30.3 Å². The number of anilines is 1. The molecule has 0 saturated heterocycles. The maximum atomic E-state index is 12.0. The predicted molar refractivity (Wildman–Crippen MR) is 127 cm³/mol. The van der Waals surface area contributed by atoms with Crippen LogP contribution in [0, 0.1) is 0 Å². The SMILES string of the molecule is C=CCNS(=O)(=O)c1ccc(NC(=S)NC(=O)CCC(=O)OCCc2ccccc2)cc1. The van der Waals surface area contributed by atoms with Gasteiger partial charge < -0.3 is 15.4 Å². The number of hydrogen-bond donors (Lipinski definition) is 3. The molecule has 3 N–H and O–H groups in total. The summed E-state index contributed by atoms with van der Waals surface area (Å²) in [6.07, 6.45) is 1.92. The molecule has 0 aliphatic rings. The molecule has 0 bridgehead atoms. The van der Waals surface area contributed by atoms with E-state index < -0.39 is 21.9 Å². The molecule has 0 radical (unpaired) electrons. The van der Waals surface area contributed by atoms with Gasteiger partial charge >= 0.3 is 5.97 Å². The van der Waals surface area contributed by atoms with Crippen LogP contribution in [0.15, 0.2) is 72.1 Å². The molecule has 2 rings (SSSR count). The Labute approximate surface area is 193 Å². The minimum Gasteiger partial charge on any atom is -0.465 e. The molecule has 32 heavy (non-hydrogen) atoms. The quantitative estimate of drug-likeness (QED) is 0.260. The van der Waals surface area contributed by atoms with Crippen molar-refractivity contribution in [2.45, 2.75) is 24.2 Å². The monoisotopic (exact) mass is 475 g/mol. The summed E-state index contributed by atoms with van der Waals surface area (Å²) in [5, 5.41) is 5.29. The summed E-state index contributed by atoms with van der Waals surface area (Å²) in [7, 11) is -3.62. The van der Waals surface area contributed by atoms with E-state index in [9.17, 15) is 18.0 Å². The van der Waals surface area contributed by atoms with E-state index >= 15 is 0 Å². The summed E-state index contributed by atoms with van der Waals surface area (Å²) >= 11 is 5.08. The zero-order chi connectivity index (χ0) is 23.4. The number of nitrogens with one attached hydrogen (secondary N) is 3. The Bertz CT molecular complexity index is 1040. The number of ether oxygens (including phenoxy) is 1. The van der Waals surface area contributed by atoms with Gasteiger partial charge in [0.1, 0.15) is 0 Å². The zero-order valence-corrected chi connectivity index (χ0v) is 19.0. The summed E-state index contributed by atoms with van der Waals surface area (Å²) in [4.78, 5) is 23.9. The van der Waals surface area contributed by atoms with Gasteiger partial charge in [0, 0.05) is 25.1 Å². The van der Waals surface area contributed by atoms with Crippen molar-refractivity contribution in [3.05, 3.63) is 72.8 Å². The highest BCUT2D eigenvalue weighted by atomic mass is 32.2. The summed E-state index contributed by atoms with van der Waals surface area (Å²) in [5.74, 6) is -0.896. The first-order valence-corrected chi connectivity index (χ1v) is 11.7. The van der Waals surface area contributed by atoms with Crippen LogP contribution in [0.4, 0.5) is 5.69 Å². The van der Waals surface area contributed by atoms with Crippen molar-refractivity contribution in [2.75, 3.05) is 18.5 Å². The largest absolute Gasteiger partial charge is 0.465 e. The van der Waals surface area contributed by atoms with Crippen molar-refractivity contribution in [3.63, 3.8) is 0 Å².